The number of hydrogen-bond acceptors (Lipinski definition) is 4. The molecule has 19 heavy (non-hydrogen) atoms. The van der Waals surface area contributed by atoms with Crippen molar-refractivity contribution in [3.8, 4) is 0 Å². The van der Waals surface area contributed by atoms with Crippen LogP contribution in [0.15, 0.2) is 0 Å². The van der Waals surface area contributed by atoms with Gasteiger partial charge in [-0.15, -0.1) is 0 Å². The average molecular weight is 274 g/mol. The first-order valence-electron chi connectivity index (χ1n) is 6.49. The minimum absolute atomic E-state index is 0.317. The monoisotopic (exact) mass is 274 g/mol. The van der Waals surface area contributed by atoms with Crippen LogP contribution in [0.1, 0.15) is 40.5 Å². The summed E-state index contributed by atoms with van der Waals surface area (Å²) >= 11 is 0. The summed E-state index contributed by atoms with van der Waals surface area (Å²) in [4.78, 5) is 28.6. The first-order valence-corrected chi connectivity index (χ1v) is 6.49. The summed E-state index contributed by atoms with van der Waals surface area (Å²) < 4.78 is 5.01. The van der Waals surface area contributed by atoms with Gasteiger partial charge in [-0.1, -0.05) is 34.1 Å². The largest absolute Gasteiger partial charge is 0.450 e. The van der Waals surface area contributed by atoms with Crippen molar-refractivity contribution in [2.75, 3.05) is 20.8 Å². The van der Waals surface area contributed by atoms with E-state index >= 15 is 0 Å². The van der Waals surface area contributed by atoms with E-state index in [0.717, 1.165) is 17.9 Å². The predicted molar refractivity (Wildman–Crippen MR) is 72.4 cm³/mol. The Morgan fingerprint density at radius 1 is 1.32 bits per heavy atom. The van der Waals surface area contributed by atoms with E-state index in [1.165, 1.54) is 14.2 Å². The van der Waals surface area contributed by atoms with Gasteiger partial charge in [0, 0.05) is 7.05 Å². The number of rotatable bonds is 6. The minimum atomic E-state index is -0.702. The van der Waals surface area contributed by atoms with Gasteiger partial charge in [-0.25, -0.2) is 9.86 Å². The van der Waals surface area contributed by atoms with Gasteiger partial charge in [0.2, 0.25) is 0 Å². The molecule has 0 bridgehead atoms. The molecule has 1 unspecified atom stereocenters. The van der Waals surface area contributed by atoms with Crippen LogP contribution >= 0.6 is 0 Å². The molecule has 0 spiro atoms. The second-order valence-corrected chi connectivity index (χ2v) is 5.45. The van der Waals surface area contributed by atoms with Crippen molar-refractivity contribution in [2.45, 2.75) is 46.6 Å². The van der Waals surface area contributed by atoms with Crippen LogP contribution in [0, 0.1) is 5.41 Å². The first kappa shape index (κ1) is 17.7. The Morgan fingerprint density at radius 2 is 1.89 bits per heavy atom. The normalized spacial score (nSPS) is 12.7. The molecule has 0 aliphatic carbocycles. The molecule has 0 rings (SSSR count). The van der Waals surface area contributed by atoms with Crippen LogP contribution in [-0.4, -0.2) is 43.9 Å². The third-order valence-electron chi connectivity index (χ3n) is 2.69. The van der Waals surface area contributed by atoms with Crippen LogP contribution in [0.25, 0.3) is 0 Å². The molecule has 0 aromatic heterocycles. The van der Waals surface area contributed by atoms with E-state index < -0.39 is 17.6 Å². The van der Waals surface area contributed by atoms with E-state index in [4.69, 9.17) is 9.57 Å². The molecule has 6 nitrogen and oxygen atoms in total. The molecule has 0 radical (unpaired) electrons. The molecule has 2 amide bonds. The smallest absolute Gasteiger partial charge is 0.407 e. The molecule has 0 fully saturated rings. The average Bonchev–Trinajstić information content (AvgIpc) is 2.33. The first-order chi connectivity index (χ1) is 8.73. The van der Waals surface area contributed by atoms with E-state index in [9.17, 15) is 9.59 Å². The fourth-order valence-corrected chi connectivity index (χ4v) is 1.39. The van der Waals surface area contributed by atoms with Gasteiger partial charge in [-0.2, -0.15) is 0 Å². The van der Waals surface area contributed by atoms with E-state index in [-0.39, 0.29) is 5.91 Å². The SMILES string of the molecule is CCCCOC(=O)NC(C(=O)N(C)OC)C(C)(C)C. The molecule has 6 heteroatoms. The van der Waals surface area contributed by atoms with Crippen molar-refractivity contribution in [3.63, 3.8) is 0 Å². The summed E-state index contributed by atoms with van der Waals surface area (Å²) in [5.41, 5.74) is -0.437. The molecule has 0 heterocycles. The second-order valence-electron chi connectivity index (χ2n) is 5.45. The highest BCUT2D eigenvalue weighted by Crippen LogP contribution is 2.21. The summed E-state index contributed by atoms with van der Waals surface area (Å²) in [6.45, 7) is 7.96. The molecule has 0 aromatic rings. The molecular formula is C13H26N2O4. The number of unbranched alkanes of at least 4 members (excludes halogenated alkanes) is 1. The lowest BCUT2D eigenvalue weighted by Crippen LogP contribution is -2.53. The Labute approximate surface area is 115 Å². The number of carbonyl (C=O) groups excluding carboxylic acids is 2. The summed E-state index contributed by atoms with van der Waals surface area (Å²) in [6, 6.07) is -0.702. The van der Waals surface area contributed by atoms with Gasteiger partial charge >= 0.3 is 6.09 Å². The number of nitrogens with zero attached hydrogens (tertiary/aromatic N) is 1. The Hall–Kier alpha value is -1.30. The maximum Gasteiger partial charge on any atom is 0.407 e. The molecule has 0 saturated carbocycles. The zero-order valence-corrected chi connectivity index (χ0v) is 12.8. The number of likely N-dealkylation sites (N-methyl/N-ethyl adjacent to an activating group) is 1. The number of hydroxylamine groups is 2. The third kappa shape index (κ3) is 6.42. The van der Waals surface area contributed by atoms with Crippen molar-refractivity contribution in [2.24, 2.45) is 5.41 Å². The highest BCUT2D eigenvalue weighted by atomic mass is 16.7. The Bertz CT molecular complexity index is 300. The maximum atomic E-state index is 12.1. The van der Waals surface area contributed by atoms with Crippen LogP contribution in [0.3, 0.4) is 0 Å². The van der Waals surface area contributed by atoms with Gasteiger partial charge in [-0.3, -0.25) is 9.63 Å². The van der Waals surface area contributed by atoms with Crippen LogP contribution in [-0.2, 0) is 14.4 Å². The summed E-state index contributed by atoms with van der Waals surface area (Å²) in [5.74, 6) is -0.317. The molecule has 1 atom stereocenters. The lowest BCUT2D eigenvalue weighted by molar-refractivity contribution is -0.173. The van der Waals surface area contributed by atoms with Gasteiger partial charge in [-0.05, 0) is 11.8 Å². The van der Waals surface area contributed by atoms with E-state index in [2.05, 4.69) is 5.32 Å². The Morgan fingerprint density at radius 3 is 2.32 bits per heavy atom. The topological polar surface area (TPSA) is 67.9 Å². The van der Waals surface area contributed by atoms with Gasteiger partial charge in [0.25, 0.3) is 5.91 Å². The van der Waals surface area contributed by atoms with E-state index in [1.54, 1.807) is 0 Å². The van der Waals surface area contributed by atoms with Gasteiger partial charge in [0.05, 0.1) is 13.7 Å². The van der Waals surface area contributed by atoms with Gasteiger partial charge in [0.15, 0.2) is 0 Å². The van der Waals surface area contributed by atoms with Crippen molar-refractivity contribution >= 4 is 12.0 Å². The fourth-order valence-electron chi connectivity index (χ4n) is 1.39. The number of nitrogens with one attached hydrogen (secondary N) is 1. The fraction of sp³-hybridized carbons (Fsp3) is 0.846. The highest BCUT2D eigenvalue weighted by molar-refractivity contribution is 5.85. The third-order valence-corrected chi connectivity index (χ3v) is 2.69. The summed E-state index contributed by atoms with van der Waals surface area (Å²) in [5, 5.41) is 3.70. The molecule has 0 aliphatic rings. The van der Waals surface area contributed by atoms with E-state index in [1.807, 2.05) is 27.7 Å². The molecule has 1 N–H and O–H groups in total. The minimum Gasteiger partial charge on any atom is -0.450 e. The number of alkyl carbamates (subject to hydrolysis) is 1. The molecule has 0 aromatic carbocycles. The second kappa shape index (κ2) is 7.99. The highest BCUT2D eigenvalue weighted by Gasteiger charge is 2.35. The lowest BCUT2D eigenvalue weighted by atomic mass is 9.86. The van der Waals surface area contributed by atoms with Gasteiger partial charge < -0.3 is 10.1 Å². The van der Waals surface area contributed by atoms with Crippen molar-refractivity contribution in [3.05, 3.63) is 0 Å². The zero-order chi connectivity index (χ0) is 15.1. The Kier molecular flexibility index (Phi) is 7.44. The molecule has 0 aliphatic heterocycles. The van der Waals surface area contributed by atoms with Crippen molar-refractivity contribution < 1.29 is 19.2 Å². The number of ether oxygens (including phenoxy) is 1. The van der Waals surface area contributed by atoms with Crippen molar-refractivity contribution in [1.82, 2.24) is 10.4 Å². The zero-order valence-electron chi connectivity index (χ0n) is 12.8. The number of carbonyl (C=O) groups is 2. The molecular weight excluding hydrogens is 248 g/mol. The van der Waals surface area contributed by atoms with Crippen LogP contribution in [0.4, 0.5) is 4.79 Å². The van der Waals surface area contributed by atoms with E-state index in [0.29, 0.717) is 6.61 Å². The van der Waals surface area contributed by atoms with Gasteiger partial charge in [0.1, 0.15) is 6.04 Å². The molecule has 112 valence electrons. The molecule has 0 saturated heterocycles. The summed E-state index contributed by atoms with van der Waals surface area (Å²) in [7, 11) is 2.91. The van der Waals surface area contributed by atoms with Crippen molar-refractivity contribution in [1.29, 1.82) is 0 Å². The lowest BCUT2D eigenvalue weighted by Gasteiger charge is -2.32. The standard InChI is InChI=1S/C13H26N2O4/c1-7-8-9-19-12(17)14-10(13(2,3)4)11(16)15(5)18-6/h10H,7-9H2,1-6H3,(H,14,17). The van der Waals surface area contributed by atoms with Crippen LogP contribution in [0.2, 0.25) is 0 Å². The Balaban J connectivity index is 4.62. The number of amides is 2. The maximum absolute atomic E-state index is 12.1. The quantitative estimate of drug-likeness (QED) is 0.594. The summed E-state index contributed by atoms with van der Waals surface area (Å²) in [6.07, 6.45) is 1.17. The van der Waals surface area contributed by atoms with Crippen LogP contribution < -0.4 is 5.32 Å². The number of hydrogen-bond donors (Lipinski definition) is 1. The predicted octanol–water partition coefficient (Wildman–Crippen LogP) is 1.95. The van der Waals surface area contributed by atoms with Crippen LogP contribution in [0.5, 0.6) is 0 Å².